The number of hydrogen-bond acceptors (Lipinski definition) is 0. The molecule has 0 aliphatic rings. The van der Waals surface area contributed by atoms with Crippen molar-refractivity contribution in [3.05, 3.63) is 23.8 Å². The van der Waals surface area contributed by atoms with Crippen molar-refractivity contribution in [1.29, 1.82) is 0 Å². The van der Waals surface area contributed by atoms with Crippen LogP contribution < -0.4 is 0 Å². The summed E-state index contributed by atoms with van der Waals surface area (Å²) in [6.07, 6.45) is 11.9. The van der Waals surface area contributed by atoms with Crippen LogP contribution in [0.25, 0.3) is 0 Å². The molecular weight excluding hydrogens is 139 g/mol. The van der Waals surface area contributed by atoms with Gasteiger partial charge in [0.2, 0.25) is 0 Å². The number of rotatable bonds is 4. The molecule has 0 aromatic rings. The highest BCUT2D eigenvalue weighted by Gasteiger charge is 1.88. The average molecular weight is 152 g/mol. The van der Waals surface area contributed by atoms with Crippen molar-refractivity contribution < 1.29 is 4.39 Å². The summed E-state index contributed by atoms with van der Waals surface area (Å²) in [6, 6.07) is 0. The van der Waals surface area contributed by atoms with E-state index in [4.69, 9.17) is 6.42 Å². The molecule has 0 aliphatic heterocycles. The minimum atomic E-state index is -0.346. The Hall–Kier alpha value is -1.03. The SMILES string of the molecule is C#C/C=C(\C=C/CC)CCF. The fraction of sp³-hybridized carbons (Fsp3) is 0.400. The van der Waals surface area contributed by atoms with Gasteiger partial charge in [0.1, 0.15) is 0 Å². The molecule has 0 heterocycles. The Balaban J connectivity index is 4.02. The summed E-state index contributed by atoms with van der Waals surface area (Å²) in [5.41, 5.74) is 0.886. The maximum absolute atomic E-state index is 11.9. The van der Waals surface area contributed by atoms with Crippen LogP contribution in [0.2, 0.25) is 0 Å². The molecule has 0 N–H and O–H groups in total. The van der Waals surface area contributed by atoms with Crippen molar-refractivity contribution in [3.8, 4) is 12.3 Å². The number of alkyl halides is 1. The summed E-state index contributed by atoms with van der Waals surface area (Å²) in [7, 11) is 0. The Kier molecular flexibility index (Phi) is 6.42. The number of terminal acetylenes is 1. The molecule has 0 nitrogen and oxygen atoms in total. The summed E-state index contributed by atoms with van der Waals surface area (Å²) in [5, 5.41) is 0. The first kappa shape index (κ1) is 9.97. The summed E-state index contributed by atoms with van der Waals surface area (Å²) >= 11 is 0. The highest BCUT2D eigenvalue weighted by atomic mass is 19.1. The van der Waals surface area contributed by atoms with Crippen molar-refractivity contribution in [3.63, 3.8) is 0 Å². The topological polar surface area (TPSA) is 0 Å². The van der Waals surface area contributed by atoms with Gasteiger partial charge in [-0.3, -0.25) is 4.39 Å². The van der Waals surface area contributed by atoms with Crippen LogP contribution in [0, 0.1) is 12.3 Å². The van der Waals surface area contributed by atoms with E-state index in [1.54, 1.807) is 6.08 Å². The van der Waals surface area contributed by atoms with Crippen molar-refractivity contribution in [1.82, 2.24) is 0 Å². The van der Waals surface area contributed by atoms with Crippen LogP contribution in [0.3, 0.4) is 0 Å². The Bertz CT molecular complexity index is 182. The van der Waals surface area contributed by atoms with Crippen molar-refractivity contribution in [2.45, 2.75) is 19.8 Å². The highest BCUT2D eigenvalue weighted by molar-refractivity contribution is 5.26. The third kappa shape index (κ3) is 5.42. The second kappa shape index (κ2) is 7.08. The standard InChI is InChI=1S/C10H13F/c1-3-5-7-10(6-4-2)8-9-11/h2,5-7H,3,8-9H2,1H3/b7-5-,10-6+. The van der Waals surface area contributed by atoms with Gasteiger partial charge in [-0.05, 0) is 18.1 Å². The molecule has 0 aliphatic carbocycles. The molecule has 0 spiro atoms. The average Bonchev–Trinajstić information content (AvgIpc) is 2.01. The largest absolute Gasteiger partial charge is 0.251 e. The van der Waals surface area contributed by atoms with E-state index in [9.17, 15) is 4.39 Å². The molecule has 0 radical (unpaired) electrons. The molecule has 0 aromatic carbocycles. The summed E-state index contributed by atoms with van der Waals surface area (Å²) in [4.78, 5) is 0. The first-order chi connectivity index (χ1) is 5.35. The number of allylic oxidation sites excluding steroid dienone is 4. The van der Waals surface area contributed by atoms with Gasteiger partial charge in [0.15, 0.2) is 0 Å². The first-order valence-electron chi connectivity index (χ1n) is 3.72. The van der Waals surface area contributed by atoms with Gasteiger partial charge in [-0.15, -0.1) is 6.42 Å². The van der Waals surface area contributed by atoms with Crippen LogP contribution in [0.15, 0.2) is 23.8 Å². The molecule has 11 heavy (non-hydrogen) atoms. The Morgan fingerprint density at radius 1 is 1.64 bits per heavy atom. The quantitative estimate of drug-likeness (QED) is 0.429. The monoisotopic (exact) mass is 152 g/mol. The molecule has 0 rings (SSSR count). The fourth-order valence-corrected chi connectivity index (χ4v) is 0.689. The Morgan fingerprint density at radius 2 is 2.36 bits per heavy atom. The van der Waals surface area contributed by atoms with E-state index in [1.807, 2.05) is 19.1 Å². The van der Waals surface area contributed by atoms with E-state index in [1.165, 1.54) is 0 Å². The molecule has 0 bridgehead atoms. The molecule has 0 aromatic heterocycles. The van der Waals surface area contributed by atoms with Crippen LogP contribution in [0.5, 0.6) is 0 Å². The molecule has 60 valence electrons. The lowest BCUT2D eigenvalue weighted by Crippen LogP contribution is -1.80. The summed E-state index contributed by atoms with van der Waals surface area (Å²) < 4.78 is 11.9. The fourth-order valence-electron chi connectivity index (χ4n) is 0.689. The third-order valence-electron chi connectivity index (χ3n) is 1.22. The lowest BCUT2D eigenvalue weighted by atomic mass is 10.1. The summed E-state index contributed by atoms with van der Waals surface area (Å²) in [6.45, 7) is 1.68. The first-order valence-corrected chi connectivity index (χ1v) is 3.72. The van der Waals surface area contributed by atoms with E-state index < -0.39 is 0 Å². The van der Waals surface area contributed by atoms with Gasteiger partial charge in [-0.1, -0.05) is 25.0 Å². The van der Waals surface area contributed by atoms with Crippen molar-refractivity contribution >= 4 is 0 Å². The van der Waals surface area contributed by atoms with Crippen molar-refractivity contribution in [2.75, 3.05) is 6.67 Å². The van der Waals surface area contributed by atoms with E-state index in [2.05, 4.69) is 5.92 Å². The van der Waals surface area contributed by atoms with Gasteiger partial charge < -0.3 is 0 Å². The predicted molar refractivity (Wildman–Crippen MR) is 46.9 cm³/mol. The second-order valence-corrected chi connectivity index (χ2v) is 2.14. The minimum absolute atomic E-state index is 0.346. The molecule has 0 saturated carbocycles. The zero-order valence-electron chi connectivity index (χ0n) is 6.81. The Morgan fingerprint density at radius 3 is 2.82 bits per heavy atom. The molecule has 0 amide bonds. The molecule has 0 atom stereocenters. The lowest BCUT2D eigenvalue weighted by Gasteiger charge is -1.93. The van der Waals surface area contributed by atoms with Gasteiger partial charge in [0.25, 0.3) is 0 Å². The van der Waals surface area contributed by atoms with Crippen LogP contribution >= 0.6 is 0 Å². The normalized spacial score (nSPS) is 11.9. The Labute approximate surface area is 67.8 Å². The van der Waals surface area contributed by atoms with Gasteiger partial charge >= 0.3 is 0 Å². The summed E-state index contributed by atoms with van der Waals surface area (Å²) in [5.74, 6) is 2.38. The maximum Gasteiger partial charge on any atom is 0.0934 e. The minimum Gasteiger partial charge on any atom is -0.251 e. The predicted octanol–water partition coefficient (Wildman–Crippen LogP) is 2.87. The molecule has 1 heteroatoms. The third-order valence-corrected chi connectivity index (χ3v) is 1.22. The molecule has 0 saturated heterocycles. The maximum atomic E-state index is 11.9. The molecule has 0 fully saturated rings. The van der Waals surface area contributed by atoms with Crippen molar-refractivity contribution in [2.24, 2.45) is 0 Å². The van der Waals surface area contributed by atoms with E-state index in [-0.39, 0.29) is 6.67 Å². The van der Waals surface area contributed by atoms with Crippen LogP contribution in [-0.4, -0.2) is 6.67 Å². The van der Waals surface area contributed by atoms with Gasteiger partial charge in [-0.25, -0.2) is 0 Å². The molecular formula is C10H13F. The second-order valence-electron chi connectivity index (χ2n) is 2.14. The van der Waals surface area contributed by atoms with E-state index >= 15 is 0 Å². The lowest BCUT2D eigenvalue weighted by molar-refractivity contribution is 0.496. The zero-order chi connectivity index (χ0) is 8.53. The van der Waals surface area contributed by atoms with Gasteiger partial charge in [0.05, 0.1) is 6.67 Å². The van der Waals surface area contributed by atoms with Gasteiger partial charge in [-0.2, -0.15) is 0 Å². The van der Waals surface area contributed by atoms with Crippen LogP contribution in [0.1, 0.15) is 19.8 Å². The van der Waals surface area contributed by atoms with E-state index in [0.717, 1.165) is 12.0 Å². The van der Waals surface area contributed by atoms with Gasteiger partial charge in [0, 0.05) is 6.42 Å². The smallest absolute Gasteiger partial charge is 0.0934 e. The molecule has 0 unspecified atom stereocenters. The number of hydrogen-bond donors (Lipinski definition) is 0. The highest BCUT2D eigenvalue weighted by Crippen LogP contribution is 2.03. The van der Waals surface area contributed by atoms with E-state index in [0.29, 0.717) is 6.42 Å². The van der Waals surface area contributed by atoms with Crippen LogP contribution in [-0.2, 0) is 0 Å². The van der Waals surface area contributed by atoms with Crippen LogP contribution in [0.4, 0.5) is 4.39 Å². The number of halogens is 1. The zero-order valence-corrected chi connectivity index (χ0v) is 6.81.